The van der Waals surface area contributed by atoms with Gasteiger partial charge in [0, 0.05) is 18.8 Å². The van der Waals surface area contributed by atoms with E-state index in [1.165, 1.54) is 0 Å². The number of aryl methyl sites for hydroxylation is 2. The number of nitrogens with one attached hydrogen (secondary N) is 1. The maximum absolute atomic E-state index is 12.3. The van der Waals surface area contributed by atoms with Gasteiger partial charge in [0.2, 0.25) is 5.91 Å². The normalized spacial score (nSPS) is 15.8. The monoisotopic (exact) mass is 272 g/mol. The van der Waals surface area contributed by atoms with Gasteiger partial charge in [-0.25, -0.2) is 4.98 Å². The van der Waals surface area contributed by atoms with Crippen LogP contribution < -0.4 is 5.32 Å². The van der Waals surface area contributed by atoms with Gasteiger partial charge in [-0.05, 0) is 45.2 Å². The Morgan fingerprint density at radius 2 is 2.10 bits per heavy atom. The highest BCUT2D eigenvalue weighted by Crippen LogP contribution is 2.19. The minimum Gasteiger partial charge on any atom is -0.358 e. The van der Waals surface area contributed by atoms with Crippen molar-refractivity contribution in [2.75, 3.05) is 18.4 Å². The molecule has 2 rings (SSSR count). The van der Waals surface area contributed by atoms with Gasteiger partial charge in [0.1, 0.15) is 17.9 Å². The summed E-state index contributed by atoms with van der Waals surface area (Å²) in [6, 6.07) is 3.66. The van der Waals surface area contributed by atoms with Crippen molar-refractivity contribution >= 4 is 11.7 Å². The van der Waals surface area contributed by atoms with Crippen LogP contribution in [-0.4, -0.2) is 34.9 Å². The maximum atomic E-state index is 12.3. The van der Waals surface area contributed by atoms with E-state index in [0.717, 1.165) is 37.2 Å². The average Bonchev–Trinajstić information content (AvgIpc) is 2.91. The lowest BCUT2D eigenvalue weighted by atomic mass is 10.1. The van der Waals surface area contributed by atoms with E-state index < -0.39 is 0 Å². The van der Waals surface area contributed by atoms with Crippen LogP contribution in [0.4, 0.5) is 5.82 Å². The molecule has 2 heterocycles. The summed E-state index contributed by atoms with van der Waals surface area (Å²) in [5.74, 6) is 0.581. The van der Waals surface area contributed by atoms with E-state index in [1.54, 1.807) is 0 Å². The van der Waals surface area contributed by atoms with Gasteiger partial charge in [0.25, 0.3) is 0 Å². The first-order valence-corrected chi connectivity index (χ1v) is 6.96. The molecule has 1 aliphatic rings. The number of hydrogen-bond acceptors (Lipinski definition) is 4. The summed E-state index contributed by atoms with van der Waals surface area (Å²) in [6.07, 6.45) is 2.15. The number of likely N-dealkylation sites (tertiary alicyclic amines) is 1. The standard InChI is InChI=1S/C15H20N4O/c1-10-8-11(2)17-14(13(10)9-16)18-12(3)15(20)19-6-4-5-7-19/h8,12H,4-7H2,1-3H3,(H,17,18). The van der Waals surface area contributed by atoms with Crippen LogP contribution in [0.3, 0.4) is 0 Å². The summed E-state index contributed by atoms with van der Waals surface area (Å²) in [5, 5.41) is 12.3. The van der Waals surface area contributed by atoms with Crippen LogP contribution in [0.5, 0.6) is 0 Å². The second kappa shape index (κ2) is 5.91. The van der Waals surface area contributed by atoms with Crippen molar-refractivity contribution in [1.82, 2.24) is 9.88 Å². The first-order chi connectivity index (χ1) is 9.52. The molecule has 0 bridgehead atoms. The highest BCUT2D eigenvalue weighted by atomic mass is 16.2. The topological polar surface area (TPSA) is 69.0 Å². The number of nitriles is 1. The van der Waals surface area contributed by atoms with Crippen molar-refractivity contribution in [2.45, 2.75) is 39.7 Å². The Morgan fingerprint density at radius 3 is 2.70 bits per heavy atom. The van der Waals surface area contributed by atoms with Crippen LogP contribution in [0.15, 0.2) is 6.07 Å². The van der Waals surface area contributed by atoms with Gasteiger partial charge in [-0.15, -0.1) is 0 Å². The molecule has 0 radical (unpaired) electrons. The lowest BCUT2D eigenvalue weighted by molar-refractivity contribution is -0.130. The quantitative estimate of drug-likeness (QED) is 0.913. The van der Waals surface area contributed by atoms with Crippen molar-refractivity contribution in [3.05, 3.63) is 22.9 Å². The fourth-order valence-corrected chi connectivity index (χ4v) is 2.56. The van der Waals surface area contributed by atoms with Gasteiger partial charge in [0.05, 0.1) is 5.56 Å². The molecule has 1 aliphatic heterocycles. The summed E-state index contributed by atoms with van der Waals surface area (Å²) in [6.45, 7) is 7.24. The number of rotatable bonds is 3. The van der Waals surface area contributed by atoms with Crippen molar-refractivity contribution in [2.24, 2.45) is 0 Å². The third-order valence-corrected chi connectivity index (χ3v) is 3.60. The Bertz CT molecular complexity index is 556. The van der Waals surface area contributed by atoms with Crippen LogP contribution in [-0.2, 0) is 4.79 Å². The predicted octanol–water partition coefficient (Wildman–Crippen LogP) is 1.99. The van der Waals surface area contributed by atoms with E-state index in [-0.39, 0.29) is 11.9 Å². The molecule has 1 amide bonds. The van der Waals surface area contributed by atoms with Gasteiger partial charge in [-0.2, -0.15) is 5.26 Å². The van der Waals surface area contributed by atoms with Crippen LogP contribution in [0.1, 0.15) is 36.6 Å². The van der Waals surface area contributed by atoms with Crippen LogP contribution in [0.25, 0.3) is 0 Å². The van der Waals surface area contributed by atoms with Gasteiger partial charge >= 0.3 is 0 Å². The summed E-state index contributed by atoms with van der Waals surface area (Å²) >= 11 is 0. The van der Waals surface area contributed by atoms with E-state index in [2.05, 4.69) is 16.4 Å². The van der Waals surface area contributed by atoms with Gasteiger partial charge in [0.15, 0.2) is 0 Å². The zero-order valence-electron chi connectivity index (χ0n) is 12.2. The fraction of sp³-hybridized carbons (Fsp3) is 0.533. The average molecular weight is 272 g/mol. The molecule has 1 N–H and O–H groups in total. The molecular formula is C15H20N4O. The molecule has 0 spiro atoms. The summed E-state index contributed by atoms with van der Waals surface area (Å²) in [5.41, 5.74) is 2.23. The van der Waals surface area contributed by atoms with E-state index in [0.29, 0.717) is 11.4 Å². The molecule has 5 heteroatoms. The minimum absolute atomic E-state index is 0.0762. The SMILES string of the molecule is Cc1cc(C)c(C#N)c(NC(C)C(=O)N2CCCC2)n1. The van der Waals surface area contributed by atoms with Crippen molar-refractivity contribution in [3.63, 3.8) is 0 Å². The second-order valence-corrected chi connectivity index (χ2v) is 5.31. The number of carbonyl (C=O) groups excluding carboxylic acids is 1. The minimum atomic E-state index is -0.367. The molecule has 0 aromatic carbocycles. The molecular weight excluding hydrogens is 252 g/mol. The zero-order valence-corrected chi connectivity index (χ0v) is 12.2. The van der Waals surface area contributed by atoms with E-state index in [1.807, 2.05) is 31.7 Å². The van der Waals surface area contributed by atoms with Gasteiger partial charge in [-0.1, -0.05) is 0 Å². The Hall–Kier alpha value is -2.09. The van der Waals surface area contributed by atoms with Gasteiger partial charge < -0.3 is 10.2 Å². The van der Waals surface area contributed by atoms with Crippen molar-refractivity contribution in [3.8, 4) is 6.07 Å². The lowest BCUT2D eigenvalue weighted by Gasteiger charge is -2.22. The molecule has 106 valence electrons. The molecule has 1 saturated heterocycles. The number of carbonyl (C=O) groups is 1. The first kappa shape index (κ1) is 14.3. The summed E-state index contributed by atoms with van der Waals surface area (Å²) in [4.78, 5) is 18.5. The molecule has 1 unspecified atom stereocenters. The third kappa shape index (κ3) is 2.90. The molecule has 20 heavy (non-hydrogen) atoms. The van der Waals surface area contributed by atoms with E-state index in [9.17, 15) is 10.1 Å². The van der Waals surface area contributed by atoms with Crippen LogP contribution in [0.2, 0.25) is 0 Å². The highest BCUT2D eigenvalue weighted by Gasteiger charge is 2.24. The number of aromatic nitrogens is 1. The maximum Gasteiger partial charge on any atom is 0.244 e. The highest BCUT2D eigenvalue weighted by molar-refractivity contribution is 5.84. The molecule has 0 aliphatic carbocycles. The number of nitrogens with zero attached hydrogens (tertiary/aromatic N) is 3. The molecule has 0 saturated carbocycles. The molecule has 1 aromatic rings. The molecule has 1 fully saturated rings. The summed E-state index contributed by atoms with van der Waals surface area (Å²) < 4.78 is 0. The predicted molar refractivity (Wildman–Crippen MR) is 77.3 cm³/mol. The molecule has 5 nitrogen and oxygen atoms in total. The lowest BCUT2D eigenvalue weighted by Crippen LogP contribution is -2.40. The van der Waals surface area contributed by atoms with Crippen molar-refractivity contribution in [1.29, 1.82) is 5.26 Å². The largest absolute Gasteiger partial charge is 0.358 e. The van der Waals surface area contributed by atoms with E-state index >= 15 is 0 Å². The van der Waals surface area contributed by atoms with Crippen molar-refractivity contribution < 1.29 is 4.79 Å². The smallest absolute Gasteiger partial charge is 0.244 e. The third-order valence-electron chi connectivity index (χ3n) is 3.60. The number of hydrogen-bond donors (Lipinski definition) is 1. The Morgan fingerprint density at radius 1 is 1.45 bits per heavy atom. The number of pyridine rings is 1. The second-order valence-electron chi connectivity index (χ2n) is 5.31. The van der Waals surface area contributed by atoms with Gasteiger partial charge in [-0.3, -0.25) is 4.79 Å². The summed E-state index contributed by atoms with van der Waals surface area (Å²) in [7, 11) is 0. The molecule has 1 aromatic heterocycles. The van der Waals surface area contributed by atoms with Crippen LogP contribution in [0, 0.1) is 25.2 Å². The molecule has 1 atom stereocenters. The Balaban J connectivity index is 2.17. The van der Waals surface area contributed by atoms with Crippen LogP contribution >= 0.6 is 0 Å². The fourth-order valence-electron chi connectivity index (χ4n) is 2.56. The Labute approximate surface area is 119 Å². The Kier molecular flexibility index (Phi) is 4.23. The number of anilines is 1. The van der Waals surface area contributed by atoms with E-state index in [4.69, 9.17) is 0 Å². The number of amides is 1. The first-order valence-electron chi connectivity index (χ1n) is 6.96. The zero-order chi connectivity index (χ0) is 14.7.